The van der Waals surface area contributed by atoms with Gasteiger partial charge in [0.05, 0.1) is 4.47 Å². The lowest BCUT2D eigenvalue weighted by atomic mass is 10.3. The molecule has 1 radical (unpaired) electrons. The van der Waals surface area contributed by atoms with E-state index < -0.39 is 9.04 Å². The van der Waals surface area contributed by atoms with Gasteiger partial charge in [-0.25, -0.2) is 4.39 Å². The second kappa shape index (κ2) is 5.82. The van der Waals surface area contributed by atoms with Crippen molar-refractivity contribution in [3.05, 3.63) is 28.5 Å². The SMILES string of the molecule is CC(C)[Si](Oc1ccc(F)cc1Br)C(C)C. The number of benzene rings is 1. The Balaban J connectivity index is 2.85. The van der Waals surface area contributed by atoms with Crippen LogP contribution < -0.4 is 4.43 Å². The van der Waals surface area contributed by atoms with Crippen molar-refractivity contribution in [2.75, 3.05) is 0 Å². The first-order valence-corrected chi connectivity index (χ1v) is 7.77. The molecule has 0 unspecified atom stereocenters. The molecule has 0 saturated carbocycles. The first-order chi connectivity index (χ1) is 7.41. The molecule has 1 rings (SSSR count). The van der Waals surface area contributed by atoms with E-state index in [1.807, 2.05) is 0 Å². The van der Waals surface area contributed by atoms with Gasteiger partial charge in [-0.3, -0.25) is 0 Å². The molecule has 0 amide bonds. The zero-order valence-corrected chi connectivity index (χ0v) is 12.6. The molecule has 1 aromatic carbocycles. The Morgan fingerprint density at radius 2 is 1.75 bits per heavy atom. The van der Waals surface area contributed by atoms with Crippen LogP contribution in [0.5, 0.6) is 5.75 Å². The van der Waals surface area contributed by atoms with Crippen LogP contribution in [0.25, 0.3) is 0 Å². The minimum absolute atomic E-state index is 0.248. The normalized spacial score (nSPS) is 11.6. The Morgan fingerprint density at radius 3 is 2.19 bits per heavy atom. The molecule has 0 bridgehead atoms. The minimum atomic E-state index is -0.918. The largest absolute Gasteiger partial charge is 0.541 e. The molecule has 0 aliphatic carbocycles. The van der Waals surface area contributed by atoms with Gasteiger partial charge in [0.25, 0.3) is 9.04 Å². The molecule has 0 aliphatic rings. The third-order valence-corrected chi connectivity index (χ3v) is 5.61. The first kappa shape index (κ1) is 13.7. The molecule has 0 aromatic heterocycles. The Labute approximate surface area is 107 Å². The second-order valence-corrected chi connectivity index (χ2v) is 8.56. The zero-order chi connectivity index (χ0) is 12.3. The monoisotopic (exact) mass is 303 g/mol. The molecule has 0 saturated heterocycles. The lowest BCUT2D eigenvalue weighted by molar-refractivity contribution is 0.529. The van der Waals surface area contributed by atoms with E-state index in [0.717, 1.165) is 5.75 Å². The van der Waals surface area contributed by atoms with Crippen molar-refractivity contribution in [3.8, 4) is 5.75 Å². The molecule has 0 atom stereocenters. The fourth-order valence-electron chi connectivity index (χ4n) is 1.59. The highest BCUT2D eigenvalue weighted by molar-refractivity contribution is 9.10. The van der Waals surface area contributed by atoms with Crippen molar-refractivity contribution in [1.82, 2.24) is 0 Å². The van der Waals surface area contributed by atoms with Crippen molar-refractivity contribution in [3.63, 3.8) is 0 Å². The third-order valence-electron chi connectivity index (χ3n) is 2.26. The summed E-state index contributed by atoms with van der Waals surface area (Å²) in [5, 5.41) is 0. The van der Waals surface area contributed by atoms with E-state index in [4.69, 9.17) is 4.43 Å². The van der Waals surface area contributed by atoms with Crippen LogP contribution in [-0.2, 0) is 0 Å². The standard InChI is InChI=1S/C12H17BrFOSi/c1-8(2)16(9(3)4)15-12-6-5-10(14)7-11(12)13/h5-9H,1-4H3. The van der Waals surface area contributed by atoms with Crippen molar-refractivity contribution in [2.45, 2.75) is 38.8 Å². The number of hydrogen-bond donors (Lipinski definition) is 0. The van der Waals surface area contributed by atoms with Gasteiger partial charge in [-0.15, -0.1) is 0 Å². The highest BCUT2D eigenvalue weighted by atomic mass is 79.9. The summed E-state index contributed by atoms with van der Waals surface area (Å²) in [6.07, 6.45) is 0. The van der Waals surface area contributed by atoms with Crippen LogP contribution in [0.1, 0.15) is 27.7 Å². The fraction of sp³-hybridized carbons (Fsp3) is 0.500. The Bertz CT molecular complexity index is 347. The summed E-state index contributed by atoms with van der Waals surface area (Å²) in [5.74, 6) is 0.500. The van der Waals surface area contributed by atoms with Crippen molar-refractivity contribution < 1.29 is 8.82 Å². The van der Waals surface area contributed by atoms with Crippen LogP contribution in [0.15, 0.2) is 22.7 Å². The Morgan fingerprint density at radius 1 is 1.19 bits per heavy atom. The molecule has 0 spiro atoms. The predicted octanol–water partition coefficient (Wildman–Crippen LogP) is 4.78. The molecular formula is C12H17BrFOSi. The smallest absolute Gasteiger partial charge is 0.286 e. The van der Waals surface area contributed by atoms with E-state index in [9.17, 15) is 4.39 Å². The number of halogens is 2. The molecule has 16 heavy (non-hydrogen) atoms. The van der Waals surface area contributed by atoms with E-state index in [-0.39, 0.29) is 5.82 Å². The van der Waals surface area contributed by atoms with Gasteiger partial charge in [-0.2, -0.15) is 0 Å². The summed E-state index contributed by atoms with van der Waals surface area (Å²) in [6, 6.07) is 4.56. The van der Waals surface area contributed by atoms with Gasteiger partial charge in [0.2, 0.25) is 0 Å². The average Bonchev–Trinajstić information content (AvgIpc) is 2.15. The van der Waals surface area contributed by atoms with Gasteiger partial charge >= 0.3 is 0 Å². The zero-order valence-electron chi connectivity index (χ0n) is 10.1. The summed E-state index contributed by atoms with van der Waals surface area (Å²) in [6.45, 7) is 8.69. The lowest BCUT2D eigenvalue weighted by Gasteiger charge is -2.23. The maximum Gasteiger partial charge on any atom is 0.286 e. The van der Waals surface area contributed by atoms with Gasteiger partial charge in [0.1, 0.15) is 11.6 Å². The molecule has 0 heterocycles. The summed E-state index contributed by atoms with van der Waals surface area (Å²) in [7, 11) is -0.918. The molecular weight excluding hydrogens is 287 g/mol. The molecule has 89 valence electrons. The maximum atomic E-state index is 12.9. The molecule has 0 fully saturated rings. The summed E-state index contributed by atoms with van der Waals surface area (Å²) in [4.78, 5) is 0. The predicted molar refractivity (Wildman–Crippen MR) is 70.7 cm³/mol. The van der Waals surface area contributed by atoms with Crippen LogP contribution in [0.3, 0.4) is 0 Å². The van der Waals surface area contributed by atoms with E-state index in [1.54, 1.807) is 6.07 Å². The minimum Gasteiger partial charge on any atom is -0.541 e. The topological polar surface area (TPSA) is 9.23 Å². The molecule has 1 aromatic rings. The molecule has 0 N–H and O–H groups in total. The Kier molecular flexibility index (Phi) is 4.99. The van der Waals surface area contributed by atoms with Gasteiger partial charge < -0.3 is 4.43 Å². The number of hydrogen-bond acceptors (Lipinski definition) is 1. The summed E-state index contributed by atoms with van der Waals surface area (Å²) < 4.78 is 19.6. The van der Waals surface area contributed by atoms with Crippen molar-refractivity contribution >= 4 is 25.0 Å². The highest BCUT2D eigenvalue weighted by Crippen LogP contribution is 2.30. The van der Waals surface area contributed by atoms with Gasteiger partial charge in [0.15, 0.2) is 0 Å². The Hall–Kier alpha value is -0.353. The van der Waals surface area contributed by atoms with Crippen molar-refractivity contribution in [1.29, 1.82) is 0 Å². The average molecular weight is 304 g/mol. The van der Waals surface area contributed by atoms with Crippen LogP contribution >= 0.6 is 15.9 Å². The molecule has 1 nitrogen and oxygen atoms in total. The van der Waals surface area contributed by atoms with E-state index in [2.05, 4.69) is 43.6 Å². The first-order valence-electron chi connectivity index (χ1n) is 5.41. The van der Waals surface area contributed by atoms with Crippen LogP contribution in [0, 0.1) is 5.82 Å². The maximum absolute atomic E-state index is 12.9. The summed E-state index contributed by atoms with van der Waals surface area (Å²) >= 11 is 3.33. The van der Waals surface area contributed by atoms with Crippen LogP contribution in [0.2, 0.25) is 11.1 Å². The van der Waals surface area contributed by atoms with E-state index in [1.165, 1.54) is 12.1 Å². The lowest BCUT2D eigenvalue weighted by Crippen LogP contribution is -2.29. The molecule has 4 heteroatoms. The van der Waals surface area contributed by atoms with Gasteiger partial charge in [0, 0.05) is 0 Å². The highest BCUT2D eigenvalue weighted by Gasteiger charge is 2.25. The van der Waals surface area contributed by atoms with Crippen molar-refractivity contribution in [2.24, 2.45) is 0 Å². The van der Waals surface area contributed by atoms with E-state index in [0.29, 0.717) is 15.6 Å². The van der Waals surface area contributed by atoms with E-state index >= 15 is 0 Å². The quantitative estimate of drug-likeness (QED) is 0.727. The fourth-order valence-corrected chi connectivity index (χ4v) is 4.41. The second-order valence-electron chi connectivity index (χ2n) is 4.39. The summed E-state index contributed by atoms with van der Waals surface area (Å²) in [5.41, 5.74) is 1.06. The molecule has 0 aliphatic heterocycles. The van der Waals surface area contributed by atoms with Gasteiger partial charge in [-0.1, -0.05) is 27.7 Å². The van der Waals surface area contributed by atoms with Crippen LogP contribution in [0.4, 0.5) is 4.39 Å². The van der Waals surface area contributed by atoms with Crippen LogP contribution in [-0.4, -0.2) is 9.04 Å². The third kappa shape index (κ3) is 3.59. The number of rotatable bonds is 4. The van der Waals surface area contributed by atoms with Gasteiger partial charge in [-0.05, 0) is 45.2 Å².